The van der Waals surface area contributed by atoms with E-state index in [-0.39, 0.29) is 18.3 Å². The largest absolute Gasteiger partial charge is 0.434 e. The number of ether oxygens (including phenoxy) is 1. The van der Waals surface area contributed by atoms with E-state index in [0.717, 1.165) is 6.42 Å². The lowest BCUT2D eigenvalue weighted by atomic mass is 10.1. The van der Waals surface area contributed by atoms with E-state index in [1.165, 1.54) is 12.3 Å². The Bertz CT molecular complexity index is 493. The molecule has 5 nitrogen and oxygen atoms in total. The molecule has 1 rings (SSSR count). The van der Waals surface area contributed by atoms with E-state index >= 15 is 0 Å². The summed E-state index contributed by atoms with van der Waals surface area (Å²) in [5, 5.41) is 6.27. The molecule has 0 aliphatic carbocycles. The number of carbonyl (C=O) groups is 1. The van der Waals surface area contributed by atoms with E-state index in [9.17, 15) is 13.6 Å². The Balaban J connectivity index is 2.38. The zero-order valence-electron chi connectivity index (χ0n) is 12.6. The summed E-state index contributed by atoms with van der Waals surface area (Å²) in [4.78, 5) is 16.2. The molecule has 1 N–H and O–H groups in total. The molecule has 7 heteroatoms. The first-order valence-corrected chi connectivity index (χ1v) is 6.95. The van der Waals surface area contributed by atoms with Gasteiger partial charge in [-0.1, -0.05) is 31.1 Å². The van der Waals surface area contributed by atoms with Gasteiger partial charge in [0.2, 0.25) is 0 Å². The van der Waals surface area contributed by atoms with Gasteiger partial charge in [0.25, 0.3) is 5.91 Å². The number of nitrogens with zero attached hydrogens (tertiary/aromatic N) is 1. The Kier molecular flexibility index (Phi) is 7.88. The van der Waals surface area contributed by atoms with Gasteiger partial charge in [0.15, 0.2) is 6.61 Å². The molecule has 0 unspecified atom stereocenters. The fourth-order valence-electron chi connectivity index (χ4n) is 1.53. The third-order valence-electron chi connectivity index (χ3n) is 2.64. The van der Waals surface area contributed by atoms with Crippen LogP contribution in [0.3, 0.4) is 0 Å². The van der Waals surface area contributed by atoms with Gasteiger partial charge >= 0.3 is 6.61 Å². The van der Waals surface area contributed by atoms with E-state index < -0.39 is 6.61 Å². The van der Waals surface area contributed by atoms with Crippen molar-refractivity contribution in [3.05, 3.63) is 29.8 Å². The van der Waals surface area contributed by atoms with Gasteiger partial charge in [-0.25, -0.2) is 0 Å². The Morgan fingerprint density at radius 1 is 1.36 bits per heavy atom. The molecule has 1 aromatic rings. The summed E-state index contributed by atoms with van der Waals surface area (Å²) < 4.78 is 28.8. The molecule has 1 aromatic carbocycles. The van der Waals surface area contributed by atoms with Crippen LogP contribution in [0.1, 0.15) is 25.8 Å². The van der Waals surface area contributed by atoms with Crippen LogP contribution in [0.2, 0.25) is 0 Å². The standard InChI is InChI=1S/C15H20F2N2O3/c1-11(2)7-8-18-14(20)10-21-19-9-12-5-3-4-6-13(12)22-15(16)17/h3-6,9,11,15H,7-8,10H2,1-2H3,(H,18,20)/b19-9+. The van der Waals surface area contributed by atoms with Gasteiger partial charge in [0.05, 0.1) is 6.21 Å². The number of halogens is 2. The highest BCUT2D eigenvalue weighted by atomic mass is 19.3. The van der Waals surface area contributed by atoms with Gasteiger partial charge in [-0.15, -0.1) is 0 Å². The second-order valence-corrected chi connectivity index (χ2v) is 4.96. The van der Waals surface area contributed by atoms with Crippen LogP contribution in [0, 0.1) is 5.92 Å². The summed E-state index contributed by atoms with van der Waals surface area (Å²) in [6.07, 6.45) is 2.10. The summed E-state index contributed by atoms with van der Waals surface area (Å²) >= 11 is 0. The second-order valence-electron chi connectivity index (χ2n) is 4.96. The van der Waals surface area contributed by atoms with Crippen molar-refractivity contribution in [3.8, 4) is 5.75 Å². The number of oxime groups is 1. The summed E-state index contributed by atoms with van der Waals surface area (Å²) in [5.74, 6) is 0.215. The van der Waals surface area contributed by atoms with Gasteiger partial charge in [0, 0.05) is 12.1 Å². The third-order valence-corrected chi connectivity index (χ3v) is 2.64. The Hall–Kier alpha value is -2.18. The number of carbonyl (C=O) groups excluding carboxylic acids is 1. The van der Waals surface area contributed by atoms with E-state index in [0.29, 0.717) is 18.0 Å². The van der Waals surface area contributed by atoms with Crippen molar-refractivity contribution in [1.82, 2.24) is 5.32 Å². The molecular weight excluding hydrogens is 294 g/mol. The molecule has 22 heavy (non-hydrogen) atoms. The summed E-state index contributed by atoms with van der Waals surface area (Å²) in [7, 11) is 0. The number of para-hydroxylation sites is 1. The molecule has 0 aliphatic rings. The van der Waals surface area contributed by atoms with Crippen LogP contribution in [0.5, 0.6) is 5.75 Å². The molecule has 0 atom stereocenters. The molecule has 0 fully saturated rings. The normalized spacial score (nSPS) is 11.2. The third kappa shape index (κ3) is 7.56. The Morgan fingerprint density at radius 2 is 2.09 bits per heavy atom. The molecule has 0 saturated heterocycles. The van der Waals surface area contributed by atoms with E-state index in [4.69, 9.17) is 4.84 Å². The maximum atomic E-state index is 12.2. The average Bonchev–Trinajstić information content (AvgIpc) is 2.44. The van der Waals surface area contributed by atoms with Crippen LogP contribution in [0.15, 0.2) is 29.4 Å². The topological polar surface area (TPSA) is 59.9 Å². The highest BCUT2D eigenvalue weighted by Gasteiger charge is 2.07. The van der Waals surface area contributed by atoms with Crippen LogP contribution in [0.25, 0.3) is 0 Å². The maximum absolute atomic E-state index is 12.2. The number of amides is 1. The predicted molar refractivity (Wildman–Crippen MR) is 79.1 cm³/mol. The number of hydrogen-bond donors (Lipinski definition) is 1. The van der Waals surface area contributed by atoms with Crippen molar-refractivity contribution >= 4 is 12.1 Å². The molecule has 0 aromatic heterocycles. The highest BCUT2D eigenvalue weighted by molar-refractivity contribution is 5.83. The monoisotopic (exact) mass is 314 g/mol. The van der Waals surface area contributed by atoms with Crippen molar-refractivity contribution in [1.29, 1.82) is 0 Å². The van der Waals surface area contributed by atoms with E-state index in [2.05, 4.69) is 29.1 Å². The fourth-order valence-corrected chi connectivity index (χ4v) is 1.53. The van der Waals surface area contributed by atoms with Crippen molar-refractivity contribution in [3.63, 3.8) is 0 Å². The van der Waals surface area contributed by atoms with Gasteiger partial charge in [0.1, 0.15) is 5.75 Å². The summed E-state index contributed by atoms with van der Waals surface area (Å²) in [5.41, 5.74) is 0.336. The zero-order valence-corrected chi connectivity index (χ0v) is 12.6. The minimum Gasteiger partial charge on any atom is -0.434 e. The van der Waals surface area contributed by atoms with Crippen molar-refractivity contribution in [2.75, 3.05) is 13.2 Å². The van der Waals surface area contributed by atoms with Crippen LogP contribution in [-0.4, -0.2) is 31.9 Å². The van der Waals surface area contributed by atoms with E-state index in [1.807, 2.05) is 0 Å². The van der Waals surface area contributed by atoms with Crippen LogP contribution in [0.4, 0.5) is 8.78 Å². The summed E-state index contributed by atoms with van der Waals surface area (Å²) in [6, 6.07) is 6.16. The molecule has 1 amide bonds. The second kappa shape index (κ2) is 9.70. The molecular formula is C15H20F2N2O3. The molecule has 122 valence electrons. The number of hydrogen-bond acceptors (Lipinski definition) is 4. The lowest BCUT2D eigenvalue weighted by Crippen LogP contribution is -2.28. The lowest BCUT2D eigenvalue weighted by Gasteiger charge is -2.07. The first-order valence-electron chi connectivity index (χ1n) is 6.95. The quantitative estimate of drug-likeness (QED) is 0.563. The molecule has 0 spiro atoms. The van der Waals surface area contributed by atoms with Crippen LogP contribution in [-0.2, 0) is 9.63 Å². The van der Waals surface area contributed by atoms with Gasteiger partial charge < -0.3 is 14.9 Å². The first kappa shape index (κ1) is 17.9. The minimum atomic E-state index is -2.91. The van der Waals surface area contributed by atoms with Crippen molar-refractivity contribution in [2.45, 2.75) is 26.9 Å². The summed E-state index contributed by atoms with van der Waals surface area (Å²) in [6.45, 7) is 1.56. The predicted octanol–water partition coefficient (Wildman–Crippen LogP) is 2.80. The zero-order chi connectivity index (χ0) is 16.4. The molecule has 0 saturated carbocycles. The van der Waals surface area contributed by atoms with Gasteiger partial charge in [-0.3, -0.25) is 4.79 Å². The lowest BCUT2D eigenvalue weighted by molar-refractivity contribution is -0.125. The van der Waals surface area contributed by atoms with Crippen LogP contribution < -0.4 is 10.1 Å². The number of rotatable bonds is 9. The van der Waals surface area contributed by atoms with E-state index in [1.54, 1.807) is 18.2 Å². The SMILES string of the molecule is CC(C)CCNC(=O)CO/N=C/c1ccccc1OC(F)F. The van der Waals surface area contributed by atoms with Gasteiger partial charge in [-0.05, 0) is 24.5 Å². The average molecular weight is 314 g/mol. The number of alkyl halides is 2. The maximum Gasteiger partial charge on any atom is 0.387 e. The number of benzene rings is 1. The molecule has 0 radical (unpaired) electrons. The fraction of sp³-hybridized carbons (Fsp3) is 0.467. The highest BCUT2D eigenvalue weighted by Crippen LogP contribution is 2.18. The molecule has 0 aliphatic heterocycles. The Labute approximate surface area is 128 Å². The van der Waals surface area contributed by atoms with Crippen LogP contribution >= 0.6 is 0 Å². The Morgan fingerprint density at radius 3 is 2.77 bits per heavy atom. The number of nitrogens with one attached hydrogen (secondary N) is 1. The first-order chi connectivity index (χ1) is 10.5. The smallest absolute Gasteiger partial charge is 0.387 e. The molecule has 0 heterocycles. The van der Waals surface area contributed by atoms with Crippen molar-refractivity contribution < 1.29 is 23.1 Å². The van der Waals surface area contributed by atoms with Crippen molar-refractivity contribution in [2.24, 2.45) is 11.1 Å². The molecule has 0 bridgehead atoms. The van der Waals surface area contributed by atoms with Gasteiger partial charge in [-0.2, -0.15) is 8.78 Å². The minimum absolute atomic E-state index is 0.00812.